The molecule has 2 aliphatic rings. The first-order valence-corrected chi connectivity index (χ1v) is 7.67. The summed E-state index contributed by atoms with van der Waals surface area (Å²) in [5.41, 5.74) is -1.03. The smallest absolute Gasteiger partial charge is 0.330 e. The lowest BCUT2D eigenvalue weighted by Gasteiger charge is -2.39. The average Bonchev–Trinajstić information content (AvgIpc) is 2.69. The Kier molecular flexibility index (Phi) is 4.98. The molecule has 6 heteroatoms. The molecule has 118 valence electrons. The van der Waals surface area contributed by atoms with Crippen LogP contribution in [-0.2, 0) is 14.3 Å². The van der Waals surface area contributed by atoms with Gasteiger partial charge in [0.2, 0.25) is 11.8 Å². The summed E-state index contributed by atoms with van der Waals surface area (Å²) in [5.74, 6) is -0.683. The molecule has 2 rings (SSSR count). The molecule has 2 fully saturated rings. The van der Waals surface area contributed by atoms with Gasteiger partial charge >= 0.3 is 6.03 Å². The first-order valence-electron chi connectivity index (χ1n) is 7.67. The lowest BCUT2D eigenvalue weighted by Crippen LogP contribution is -2.64. The van der Waals surface area contributed by atoms with Crippen LogP contribution in [0, 0.1) is 11.3 Å². The molecule has 4 amide bonds. The van der Waals surface area contributed by atoms with Crippen LogP contribution in [0.15, 0.2) is 0 Å². The number of barbiturate groups is 1. The van der Waals surface area contributed by atoms with Crippen LogP contribution in [0.2, 0.25) is 0 Å². The van der Waals surface area contributed by atoms with Crippen LogP contribution in [-0.4, -0.2) is 43.0 Å². The lowest BCUT2D eigenvalue weighted by atomic mass is 9.76. The minimum atomic E-state index is -1.03. The Balaban J connectivity index is 2.20. The van der Waals surface area contributed by atoms with Gasteiger partial charge in [-0.05, 0) is 18.8 Å². The van der Waals surface area contributed by atoms with Crippen LogP contribution in [0.1, 0.15) is 45.4 Å². The van der Waals surface area contributed by atoms with E-state index in [0.717, 1.165) is 25.7 Å². The van der Waals surface area contributed by atoms with E-state index < -0.39 is 17.4 Å². The molecular weight excluding hydrogens is 272 g/mol. The molecule has 1 saturated heterocycles. The number of urea groups is 1. The number of hydrogen-bond donors (Lipinski definition) is 1. The van der Waals surface area contributed by atoms with Crippen molar-refractivity contribution in [1.29, 1.82) is 0 Å². The van der Waals surface area contributed by atoms with Crippen molar-refractivity contribution in [2.75, 3.05) is 20.3 Å². The van der Waals surface area contributed by atoms with Crippen LogP contribution >= 0.6 is 0 Å². The fourth-order valence-electron chi connectivity index (χ4n) is 3.32. The summed E-state index contributed by atoms with van der Waals surface area (Å²) in [5, 5.41) is 2.38. The maximum Gasteiger partial charge on any atom is 0.330 e. The van der Waals surface area contributed by atoms with Gasteiger partial charge < -0.3 is 4.74 Å². The van der Waals surface area contributed by atoms with E-state index in [1.54, 1.807) is 7.11 Å². The van der Waals surface area contributed by atoms with Gasteiger partial charge in [-0.15, -0.1) is 0 Å². The van der Waals surface area contributed by atoms with Crippen LogP contribution in [0.5, 0.6) is 0 Å². The second kappa shape index (κ2) is 6.56. The van der Waals surface area contributed by atoms with Crippen LogP contribution in [0.25, 0.3) is 0 Å². The summed E-state index contributed by atoms with van der Waals surface area (Å²) in [6.45, 7) is 2.67. The predicted octanol–water partition coefficient (Wildman–Crippen LogP) is 1.69. The zero-order valence-corrected chi connectivity index (χ0v) is 12.8. The molecule has 0 bridgehead atoms. The highest BCUT2D eigenvalue weighted by Crippen LogP contribution is 2.39. The van der Waals surface area contributed by atoms with Gasteiger partial charge in [0.15, 0.2) is 0 Å². The molecule has 1 heterocycles. The molecule has 0 aromatic heterocycles. The van der Waals surface area contributed by atoms with E-state index in [1.165, 1.54) is 4.90 Å². The Labute approximate surface area is 125 Å². The third kappa shape index (κ3) is 3.10. The highest BCUT2D eigenvalue weighted by molar-refractivity contribution is 6.19. The summed E-state index contributed by atoms with van der Waals surface area (Å²) in [4.78, 5) is 38.3. The third-order valence-electron chi connectivity index (χ3n) is 4.46. The lowest BCUT2D eigenvalue weighted by molar-refractivity contribution is -0.153. The summed E-state index contributed by atoms with van der Waals surface area (Å²) in [6, 6.07) is -0.595. The first kappa shape index (κ1) is 15.9. The fraction of sp³-hybridized carbons (Fsp3) is 0.800. The first-order chi connectivity index (χ1) is 10.0. The van der Waals surface area contributed by atoms with Crippen molar-refractivity contribution in [2.24, 2.45) is 11.3 Å². The predicted molar refractivity (Wildman–Crippen MR) is 76.4 cm³/mol. The number of nitrogens with zero attached hydrogens (tertiary/aromatic N) is 1. The quantitative estimate of drug-likeness (QED) is 0.801. The van der Waals surface area contributed by atoms with Crippen molar-refractivity contribution in [3.05, 3.63) is 0 Å². The molecule has 1 atom stereocenters. The van der Waals surface area contributed by atoms with Crippen molar-refractivity contribution < 1.29 is 19.1 Å². The van der Waals surface area contributed by atoms with Crippen molar-refractivity contribution in [1.82, 2.24) is 10.2 Å². The molecule has 0 aromatic carbocycles. The number of ether oxygens (including phenoxy) is 1. The van der Waals surface area contributed by atoms with Gasteiger partial charge in [0.05, 0.1) is 6.61 Å². The second-order valence-electron chi connectivity index (χ2n) is 6.23. The highest BCUT2D eigenvalue weighted by atomic mass is 16.5. The van der Waals surface area contributed by atoms with Gasteiger partial charge in [-0.2, -0.15) is 0 Å². The normalized spacial score (nSPS) is 23.9. The van der Waals surface area contributed by atoms with E-state index in [1.807, 2.05) is 6.92 Å². The standard InChI is InChI=1S/C15H24N2O4/c1-11(10-21-2)9-17-13(19)15(12(18)16-14(17)20)7-5-3-4-6-8-15/h11H,3-10H2,1-2H3,(H,16,18,20). The second-order valence-corrected chi connectivity index (χ2v) is 6.23. The molecule has 1 aliphatic carbocycles. The van der Waals surface area contributed by atoms with Gasteiger partial charge in [-0.3, -0.25) is 19.8 Å². The molecule has 1 N–H and O–H groups in total. The minimum absolute atomic E-state index is 0.0423. The SMILES string of the molecule is COCC(C)CN1C(=O)NC(=O)C2(CCCCCC2)C1=O. The topological polar surface area (TPSA) is 75.7 Å². The van der Waals surface area contributed by atoms with E-state index in [4.69, 9.17) is 4.74 Å². The Morgan fingerprint density at radius 3 is 2.38 bits per heavy atom. The number of amides is 4. The molecule has 1 aliphatic heterocycles. The van der Waals surface area contributed by atoms with Crippen molar-refractivity contribution >= 4 is 17.8 Å². The molecule has 1 unspecified atom stereocenters. The van der Waals surface area contributed by atoms with Gasteiger partial charge in [0, 0.05) is 13.7 Å². The van der Waals surface area contributed by atoms with Crippen molar-refractivity contribution in [2.45, 2.75) is 45.4 Å². The van der Waals surface area contributed by atoms with Gasteiger partial charge in [0.25, 0.3) is 0 Å². The van der Waals surface area contributed by atoms with E-state index in [9.17, 15) is 14.4 Å². The maximum atomic E-state index is 12.8. The fourth-order valence-corrected chi connectivity index (χ4v) is 3.32. The van der Waals surface area contributed by atoms with Gasteiger partial charge in [0.1, 0.15) is 5.41 Å². The van der Waals surface area contributed by atoms with Gasteiger partial charge in [-0.25, -0.2) is 4.79 Å². The summed E-state index contributed by atoms with van der Waals surface area (Å²) >= 11 is 0. The molecular formula is C15H24N2O4. The van der Waals surface area contributed by atoms with E-state index in [2.05, 4.69) is 5.32 Å². The number of nitrogens with one attached hydrogen (secondary N) is 1. The monoisotopic (exact) mass is 296 g/mol. The van der Waals surface area contributed by atoms with Crippen LogP contribution < -0.4 is 5.32 Å². The zero-order chi connectivity index (χ0) is 15.5. The maximum absolute atomic E-state index is 12.8. The minimum Gasteiger partial charge on any atom is -0.384 e. The number of methoxy groups -OCH3 is 1. The Morgan fingerprint density at radius 2 is 1.81 bits per heavy atom. The van der Waals surface area contributed by atoms with Crippen LogP contribution in [0.3, 0.4) is 0 Å². The molecule has 6 nitrogen and oxygen atoms in total. The average molecular weight is 296 g/mol. The van der Waals surface area contributed by atoms with Crippen LogP contribution in [0.4, 0.5) is 4.79 Å². The van der Waals surface area contributed by atoms with E-state index >= 15 is 0 Å². The number of hydrogen-bond acceptors (Lipinski definition) is 4. The largest absolute Gasteiger partial charge is 0.384 e. The molecule has 21 heavy (non-hydrogen) atoms. The third-order valence-corrected chi connectivity index (χ3v) is 4.46. The van der Waals surface area contributed by atoms with Crippen molar-refractivity contribution in [3.8, 4) is 0 Å². The Bertz CT molecular complexity index is 427. The Hall–Kier alpha value is -1.43. The zero-order valence-electron chi connectivity index (χ0n) is 12.8. The van der Waals surface area contributed by atoms with E-state index in [0.29, 0.717) is 19.4 Å². The number of carbonyl (C=O) groups is 3. The summed E-state index contributed by atoms with van der Waals surface area (Å²) < 4.78 is 5.06. The molecule has 1 spiro atoms. The molecule has 1 saturated carbocycles. The molecule has 0 radical (unpaired) electrons. The number of imide groups is 2. The van der Waals surface area contributed by atoms with E-state index in [-0.39, 0.29) is 18.4 Å². The van der Waals surface area contributed by atoms with Crippen molar-refractivity contribution in [3.63, 3.8) is 0 Å². The number of carbonyl (C=O) groups excluding carboxylic acids is 3. The van der Waals surface area contributed by atoms with Gasteiger partial charge in [-0.1, -0.05) is 32.6 Å². The summed E-state index contributed by atoms with van der Waals surface area (Å²) in [7, 11) is 1.59. The highest BCUT2D eigenvalue weighted by Gasteiger charge is 2.53. The summed E-state index contributed by atoms with van der Waals surface area (Å²) in [6.07, 6.45) is 4.87. The number of rotatable bonds is 4. The molecule has 0 aromatic rings. The Morgan fingerprint density at radius 1 is 1.19 bits per heavy atom.